The van der Waals surface area contributed by atoms with Crippen molar-refractivity contribution in [2.45, 2.75) is 52.0 Å². The Hall–Kier alpha value is -3.48. The maximum atomic E-state index is 12.6. The Balaban J connectivity index is 1.36. The lowest BCUT2D eigenvalue weighted by molar-refractivity contribution is -0.116. The molecule has 32 heavy (non-hydrogen) atoms. The number of nitrogens with zero attached hydrogens (tertiary/aromatic N) is 3. The topological polar surface area (TPSA) is 86.1 Å². The highest BCUT2D eigenvalue weighted by Gasteiger charge is 2.17. The van der Waals surface area contributed by atoms with Gasteiger partial charge in [-0.15, -0.1) is 10.2 Å². The van der Waals surface area contributed by atoms with E-state index in [0.717, 1.165) is 48.6 Å². The molecule has 0 fully saturated rings. The molecule has 0 radical (unpaired) electrons. The number of amides is 1. The molecule has 3 aromatic rings. The second-order valence-electron chi connectivity index (χ2n) is 8.15. The van der Waals surface area contributed by atoms with E-state index in [4.69, 9.17) is 4.74 Å². The van der Waals surface area contributed by atoms with Gasteiger partial charge in [-0.1, -0.05) is 18.1 Å². The van der Waals surface area contributed by atoms with E-state index >= 15 is 0 Å². The quantitative estimate of drug-likeness (QED) is 0.552. The third kappa shape index (κ3) is 4.88. The zero-order valence-electron chi connectivity index (χ0n) is 18.6. The number of ether oxygens (including phenoxy) is 1. The number of ketones is 1. The van der Waals surface area contributed by atoms with Crippen molar-refractivity contribution in [3.63, 3.8) is 0 Å². The summed E-state index contributed by atoms with van der Waals surface area (Å²) in [5.41, 5.74) is 3.15. The molecule has 7 nitrogen and oxygen atoms in total. The van der Waals surface area contributed by atoms with E-state index in [2.05, 4.69) is 20.1 Å². The molecule has 1 amide bonds. The lowest BCUT2D eigenvalue weighted by Crippen LogP contribution is -2.14. The number of aromatic nitrogens is 3. The van der Waals surface area contributed by atoms with E-state index in [1.807, 2.05) is 37.3 Å². The minimum absolute atomic E-state index is 0.107. The number of rotatable bonds is 7. The molecule has 0 atom stereocenters. The van der Waals surface area contributed by atoms with Crippen LogP contribution in [0.3, 0.4) is 0 Å². The van der Waals surface area contributed by atoms with E-state index in [1.54, 1.807) is 12.1 Å². The van der Waals surface area contributed by atoms with Gasteiger partial charge in [0.05, 0.1) is 12.7 Å². The molecule has 7 heteroatoms. The highest BCUT2D eigenvalue weighted by Crippen LogP contribution is 2.25. The lowest BCUT2D eigenvalue weighted by atomic mass is 10.0. The largest absolute Gasteiger partial charge is 0.496 e. The van der Waals surface area contributed by atoms with Crippen LogP contribution in [0.15, 0.2) is 42.5 Å². The van der Waals surface area contributed by atoms with Crippen LogP contribution in [-0.4, -0.2) is 33.6 Å². The van der Waals surface area contributed by atoms with Gasteiger partial charge in [-0.2, -0.15) is 0 Å². The Kier molecular flexibility index (Phi) is 6.63. The molecule has 1 aliphatic rings. The summed E-state index contributed by atoms with van der Waals surface area (Å²) in [6, 6.07) is 13.1. The number of fused-ring (bicyclic) bond motifs is 1. The van der Waals surface area contributed by atoms with Gasteiger partial charge < -0.3 is 14.6 Å². The number of carbonyl (C=O) groups is 2. The van der Waals surface area contributed by atoms with Gasteiger partial charge in [-0.25, -0.2) is 0 Å². The van der Waals surface area contributed by atoms with Gasteiger partial charge in [0.2, 0.25) is 5.91 Å². The van der Waals surface area contributed by atoms with Crippen LogP contribution in [0.25, 0.3) is 11.4 Å². The predicted molar refractivity (Wildman–Crippen MR) is 123 cm³/mol. The fourth-order valence-electron chi connectivity index (χ4n) is 4.03. The van der Waals surface area contributed by atoms with Crippen LogP contribution in [0, 0.1) is 6.92 Å². The minimum Gasteiger partial charge on any atom is -0.496 e. The van der Waals surface area contributed by atoms with Gasteiger partial charge in [0.15, 0.2) is 11.6 Å². The lowest BCUT2D eigenvalue weighted by Gasteiger charge is -2.10. The van der Waals surface area contributed by atoms with Crippen molar-refractivity contribution in [3.8, 4) is 17.1 Å². The van der Waals surface area contributed by atoms with Crippen molar-refractivity contribution < 1.29 is 14.3 Å². The molecule has 166 valence electrons. The second-order valence-corrected chi connectivity index (χ2v) is 8.15. The smallest absolute Gasteiger partial charge is 0.224 e. The zero-order chi connectivity index (χ0) is 22.5. The molecule has 0 saturated carbocycles. The Morgan fingerprint density at radius 3 is 2.62 bits per heavy atom. The number of benzene rings is 2. The van der Waals surface area contributed by atoms with E-state index in [1.165, 1.54) is 13.5 Å². The number of methoxy groups -OCH3 is 1. The molecule has 0 bridgehead atoms. The van der Waals surface area contributed by atoms with Crippen molar-refractivity contribution in [2.75, 3.05) is 12.4 Å². The number of hydrogen-bond donors (Lipinski definition) is 1. The Bertz CT molecular complexity index is 1120. The molecule has 2 heterocycles. The van der Waals surface area contributed by atoms with E-state index < -0.39 is 0 Å². The monoisotopic (exact) mass is 432 g/mol. The molecule has 0 unspecified atom stereocenters. The average molecular weight is 433 g/mol. The van der Waals surface area contributed by atoms with Crippen LogP contribution in [-0.2, 0) is 17.8 Å². The number of nitrogens with one attached hydrogen (secondary N) is 1. The summed E-state index contributed by atoms with van der Waals surface area (Å²) in [6.07, 6.45) is 4.70. The number of anilines is 1. The number of aryl methyl sites for hydroxylation is 2. The Labute approximate surface area is 187 Å². The van der Waals surface area contributed by atoms with Crippen LogP contribution < -0.4 is 10.1 Å². The van der Waals surface area contributed by atoms with Crippen molar-refractivity contribution in [1.82, 2.24) is 14.8 Å². The fourth-order valence-corrected chi connectivity index (χ4v) is 4.03. The molecule has 0 aliphatic carbocycles. The molecule has 1 aromatic heterocycles. The van der Waals surface area contributed by atoms with Crippen LogP contribution >= 0.6 is 0 Å². The van der Waals surface area contributed by atoms with Crippen LogP contribution in [0.5, 0.6) is 5.75 Å². The number of hydrogen-bond acceptors (Lipinski definition) is 5. The third-order valence-corrected chi connectivity index (χ3v) is 5.77. The van der Waals surface area contributed by atoms with Crippen LogP contribution in [0.4, 0.5) is 5.69 Å². The molecule has 1 N–H and O–H groups in total. The van der Waals surface area contributed by atoms with Crippen molar-refractivity contribution in [1.29, 1.82) is 0 Å². The van der Waals surface area contributed by atoms with Gasteiger partial charge in [0.1, 0.15) is 11.6 Å². The number of carbonyl (C=O) groups excluding carboxylic acids is 2. The summed E-state index contributed by atoms with van der Waals surface area (Å²) >= 11 is 0. The maximum absolute atomic E-state index is 12.6. The standard InChI is InChI=1S/C25H28N4O3/c1-17-7-13-22(32-2)20(16-17)21(30)12-14-24(31)26-19-10-8-18(9-11-19)25-28-27-23-6-4-3-5-15-29(23)25/h7-11,13,16H,3-6,12,14-15H2,1-2H3,(H,26,31). The van der Waals surface area contributed by atoms with Gasteiger partial charge in [-0.3, -0.25) is 9.59 Å². The SMILES string of the molecule is COc1ccc(C)cc1C(=O)CCC(=O)Nc1ccc(-c2nnc3n2CCCCC3)cc1. The first kappa shape index (κ1) is 21.7. The van der Waals surface area contributed by atoms with Gasteiger partial charge >= 0.3 is 0 Å². The summed E-state index contributed by atoms with van der Waals surface area (Å²) in [6.45, 7) is 2.86. The maximum Gasteiger partial charge on any atom is 0.224 e. The summed E-state index contributed by atoms with van der Waals surface area (Å²) in [7, 11) is 1.54. The molecule has 0 spiro atoms. The molecule has 4 rings (SSSR count). The molecule has 0 saturated heterocycles. The zero-order valence-corrected chi connectivity index (χ0v) is 18.6. The summed E-state index contributed by atoms with van der Waals surface area (Å²) < 4.78 is 7.47. The Morgan fingerprint density at radius 1 is 1.03 bits per heavy atom. The third-order valence-electron chi connectivity index (χ3n) is 5.77. The predicted octanol–water partition coefficient (Wildman–Crippen LogP) is 4.59. The molecule has 2 aromatic carbocycles. The van der Waals surface area contributed by atoms with Crippen molar-refractivity contribution in [3.05, 3.63) is 59.4 Å². The highest BCUT2D eigenvalue weighted by molar-refractivity contribution is 6.01. The van der Waals surface area contributed by atoms with Crippen molar-refractivity contribution >= 4 is 17.4 Å². The molecular formula is C25H28N4O3. The van der Waals surface area contributed by atoms with Gasteiger partial charge in [0.25, 0.3) is 0 Å². The highest BCUT2D eigenvalue weighted by atomic mass is 16.5. The number of Topliss-reactive ketones (excluding diaryl/α,β-unsaturated/α-hetero) is 1. The van der Waals surface area contributed by atoms with Gasteiger partial charge in [0, 0.05) is 37.1 Å². The summed E-state index contributed by atoms with van der Waals surface area (Å²) in [5, 5.41) is 11.6. The normalized spacial score (nSPS) is 13.2. The molecule has 1 aliphatic heterocycles. The first-order valence-corrected chi connectivity index (χ1v) is 11.1. The minimum atomic E-state index is -0.200. The van der Waals surface area contributed by atoms with E-state index in [-0.39, 0.29) is 24.5 Å². The first-order chi connectivity index (χ1) is 15.5. The molecular weight excluding hydrogens is 404 g/mol. The van der Waals surface area contributed by atoms with E-state index in [0.29, 0.717) is 17.0 Å². The van der Waals surface area contributed by atoms with Crippen LogP contribution in [0.1, 0.15) is 53.8 Å². The summed E-state index contributed by atoms with van der Waals surface area (Å²) in [4.78, 5) is 25.0. The summed E-state index contributed by atoms with van der Waals surface area (Å²) in [5.74, 6) is 2.14. The van der Waals surface area contributed by atoms with E-state index in [9.17, 15) is 9.59 Å². The second kappa shape index (κ2) is 9.77. The first-order valence-electron chi connectivity index (χ1n) is 11.1. The van der Waals surface area contributed by atoms with Crippen LogP contribution in [0.2, 0.25) is 0 Å². The van der Waals surface area contributed by atoms with Gasteiger partial charge in [-0.05, 0) is 56.2 Å². The fraction of sp³-hybridized carbons (Fsp3) is 0.360. The van der Waals surface area contributed by atoms with Crippen molar-refractivity contribution in [2.24, 2.45) is 0 Å². The average Bonchev–Trinajstić information content (AvgIpc) is 3.05. The Morgan fingerprint density at radius 2 is 1.84 bits per heavy atom.